The highest BCUT2D eigenvalue weighted by Crippen LogP contribution is 2.30. The van der Waals surface area contributed by atoms with E-state index in [4.69, 9.17) is 6.42 Å². The molecule has 2 aliphatic carbocycles. The van der Waals surface area contributed by atoms with Gasteiger partial charge in [0.25, 0.3) is 0 Å². The maximum Gasteiger partial charge on any atom is 0.132 e. The molecule has 2 nitrogen and oxygen atoms in total. The van der Waals surface area contributed by atoms with Gasteiger partial charge < -0.3 is 5.11 Å². The molecule has 0 aromatic heterocycles. The van der Waals surface area contributed by atoms with Crippen LogP contribution < -0.4 is 0 Å². The molecule has 0 amide bonds. The van der Waals surface area contributed by atoms with Gasteiger partial charge in [-0.3, -0.25) is 4.79 Å². The van der Waals surface area contributed by atoms with Crippen molar-refractivity contribution in [2.75, 3.05) is 0 Å². The van der Waals surface area contributed by atoms with E-state index in [0.717, 1.165) is 51.4 Å². The van der Waals surface area contributed by atoms with Crippen molar-refractivity contribution in [3.8, 4) is 12.3 Å². The van der Waals surface area contributed by atoms with Gasteiger partial charge >= 0.3 is 0 Å². The lowest BCUT2D eigenvalue weighted by Crippen LogP contribution is -2.30. The molecule has 2 heteroatoms. The van der Waals surface area contributed by atoms with Crippen molar-refractivity contribution < 1.29 is 9.90 Å². The molecule has 17 heavy (non-hydrogen) atoms. The summed E-state index contributed by atoms with van der Waals surface area (Å²) in [6, 6.07) is 0. The van der Waals surface area contributed by atoms with Crippen molar-refractivity contribution >= 4 is 5.78 Å². The molecule has 0 unspecified atom stereocenters. The number of aliphatic hydroxyl groups is 1. The van der Waals surface area contributed by atoms with Crippen molar-refractivity contribution in [1.29, 1.82) is 0 Å². The highest BCUT2D eigenvalue weighted by Gasteiger charge is 2.27. The Bertz CT molecular complexity index is 261. The summed E-state index contributed by atoms with van der Waals surface area (Å²) in [6.45, 7) is 0. The number of Topliss-reactive ketones (excluding diaryl/α,β-unsaturated/α-hetero) is 1. The number of terminal acetylenes is 1. The van der Waals surface area contributed by atoms with E-state index >= 15 is 0 Å². The summed E-state index contributed by atoms with van der Waals surface area (Å²) >= 11 is 0. The molecule has 2 rings (SSSR count). The Morgan fingerprint density at radius 1 is 1.06 bits per heavy atom. The molecule has 0 aromatic rings. The Hall–Kier alpha value is -0.810. The number of hydrogen-bond acceptors (Lipinski definition) is 2. The first-order chi connectivity index (χ1) is 8.16. The average molecular weight is 236 g/mol. The van der Waals surface area contributed by atoms with Crippen LogP contribution >= 0.6 is 0 Å². The largest absolute Gasteiger partial charge is 0.389 e. The van der Waals surface area contributed by atoms with Gasteiger partial charge in [0.2, 0.25) is 0 Å². The van der Waals surface area contributed by atoms with E-state index in [1.54, 1.807) is 0 Å². The molecular formula is C15H24O2. The summed E-state index contributed by atoms with van der Waals surface area (Å²) in [4.78, 5) is 10.5. The van der Waals surface area contributed by atoms with Crippen LogP contribution in [0.4, 0.5) is 0 Å². The molecule has 0 radical (unpaired) electrons. The van der Waals surface area contributed by atoms with Gasteiger partial charge in [-0.1, -0.05) is 25.7 Å². The molecule has 0 heterocycles. The molecule has 96 valence electrons. The standard InChI is InChI=1S/C9H14O.C6H10O/c1-2-6-9(10)7-4-3-5-8-9;7-6-4-2-1-3-5-6/h1,10H,3-8H2;1-5H2. The van der Waals surface area contributed by atoms with E-state index in [1.807, 2.05) is 0 Å². The maximum atomic E-state index is 10.5. The minimum atomic E-state index is -0.507. The van der Waals surface area contributed by atoms with Gasteiger partial charge in [0.05, 0.1) is 5.60 Å². The summed E-state index contributed by atoms with van der Waals surface area (Å²) in [5, 5.41) is 9.73. The van der Waals surface area contributed by atoms with Crippen molar-refractivity contribution in [2.24, 2.45) is 0 Å². The highest BCUT2D eigenvalue weighted by atomic mass is 16.3. The van der Waals surface area contributed by atoms with Gasteiger partial charge in [-0.2, -0.15) is 0 Å². The van der Waals surface area contributed by atoms with Gasteiger partial charge in [0.1, 0.15) is 5.78 Å². The number of carbonyl (C=O) groups excluding carboxylic acids is 1. The van der Waals surface area contributed by atoms with Crippen molar-refractivity contribution in [3.63, 3.8) is 0 Å². The fraction of sp³-hybridized carbons (Fsp3) is 0.800. The zero-order chi connectivity index (χ0) is 12.6. The molecule has 0 spiro atoms. The lowest BCUT2D eigenvalue weighted by molar-refractivity contribution is -0.120. The maximum absolute atomic E-state index is 10.5. The van der Waals surface area contributed by atoms with E-state index in [0.29, 0.717) is 12.2 Å². The molecule has 0 bridgehead atoms. The molecule has 2 aliphatic rings. The minimum absolute atomic E-state index is 0.464. The Balaban J connectivity index is 0.000000181. The SMILES string of the molecule is C#CCC1(O)CCCCC1.O=C1CCCCC1. The Kier molecular flexibility index (Phi) is 6.29. The third-order valence-corrected chi connectivity index (χ3v) is 3.63. The second-order valence-corrected chi connectivity index (χ2v) is 5.27. The van der Waals surface area contributed by atoms with Gasteiger partial charge in [-0.25, -0.2) is 0 Å². The van der Waals surface area contributed by atoms with Crippen LogP contribution in [0.5, 0.6) is 0 Å². The summed E-state index contributed by atoms with van der Waals surface area (Å²) in [7, 11) is 0. The summed E-state index contributed by atoms with van der Waals surface area (Å²) in [5.41, 5.74) is -0.507. The van der Waals surface area contributed by atoms with Crippen molar-refractivity contribution in [2.45, 2.75) is 76.2 Å². The summed E-state index contributed by atoms with van der Waals surface area (Å²) in [6.07, 6.45) is 16.2. The number of rotatable bonds is 1. The Labute approximate surface area is 105 Å². The van der Waals surface area contributed by atoms with E-state index in [1.165, 1.54) is 12.8 Å². The highest BCUT2D eigenvalue weighted by molar-refractivity contribution is 5.78. The Morgan fingerprint density at radius 2 is 1.59 bits per heavy atom. The molecule has 0 aromatic carbocycles. The van der Waals surface area contributed by atoms with E-state index in [-0.39, 0.29) is 0 Å². The van der Waals surface area contributed by atoms with Gasteiger partial charge in [-0.05, 0) is 25.7 Å². The monoisotopic (exact) mass is 236 g/mol. The van der Waals surface area contributed by atoms with Crippen LogP contribution in [-0.4, -0.2) is 16.5 Å². The zero-order valence-corrected chi connectivity index (χ0v) is 10.7. The van der Waals surface area contributed by atoms with E-state index in [9.17, 15) is 9.90 Å². The van der Waals surface area contributed by atoms with Crippen LogP contribution in [0.25, 0.3) is 0 Å². The van der Waals surface area contributed by atoms with Crippen LogP contribution in [0, 0.1) is 12.3 Å². The lowest BCUT2D eigenvalue weighted by atomic mass is 9.83. The summed E-state index contributed by atoms with van der Waals surface area (Å²) in [5.74, 6) is 2.99. The molecular weight excluding hydrogens is 212 g/mol. The average Bonchev–Trinajstić information content (AvgIpc) is 2.31. The molecule has 1 N–H and O–H groups in total. The van der Waals surface area contributed by atoms with E-state index < -0.39 is 5.60 Å². The van der Waals surface area contributed by atoms with Gasteiger partial charge in [-0.15, -0.1) is 12.3 Å². The molecule has 0 saturated heterocycles. The van der Waals surface area contributed by atoms with Crippen LogP contribution in [0.1, 0.15) is 70.6 Å². The minimum Gasteiger partial charge on any atom is -0.389 e. The van der Waals surface area contributed by atoms with Gasteiger partial charge in [0, 0.05) is 19.3 Å². The second kappa shape index (κ2) is 7.50. The quantitative estimate of drug-likeness (QED) is 0.710. The first-order valence-electron chi connectivity index (χ1n) is 6.84. The molecule has 2 fully saturated rings. The molecule has 0 atom stereocenters. The van der Waals surface area contributed by atoms with Crippen LogP contribution in [-0.2, 0) is 4.79 Å². The molecule has 0 aliphatic heterocycles. The number of carbonyl (C=O) groups is 1. The van der Waals surface area contributed by atoms with Gasteiger partial charge in [0.15, 0.2) is 0 Å². The first-order valence-corrected chi connectivity index (χ1v) is 6.84. The number of hydrogen-bond donors (Lipinski definition) is 1. The normalized spacial score (nSPS) is 23.2. The number of ketones is 1. The molecule has 2 saturated carbocycles. The smallest absolute Gasteiger partial charge is 0.132 e. The fourth-order valence-corrected chi connectivity index (χ4v) is 2.52. The predicted octanol–water partition coefficient (Wildman–Crippen LogP) is 3.22. The lowest BCUT2D eigenvalue weighted by Gasteiger charge is -2.29. The second-order valence-electron chi connectivity index (χ2n) is 5.27. The summed E-state index contributed by atoms with van der Waals surface area (Å²) < 4.78 is 0. The third-order valence-electron chi connectivity index (χ3n) is 3.63. The topological polar surface area (TPSA) is 37.3 Å². The van der Waals surface area contributed by atoms with Crippen LogP contribution in [0.15, 0.2) is 0 Å². The van der Waals surface area contributed by atoms with Crippen LogP contribution in [0.2, 0.25) is 0 Å². The Morgan fingerprint density at radius 3 is 2.00 bits per heavy atom. The van der Waals surface area contributed by atoms with Crippen LogP contribution in [0.3, 0.4) is 0 Å². The zero-order valence-electron chi connectivity index (χ0n) is 10.7. The third kappa shape index (κ3) is 5.89. The fourth-order valence-electron chi connectivity index (χ4n) is 2.52. The predicted molar refractivity (Wildman–Crippen MR) is 69.6 cm³/mol. The van der Waals surface area contributed by atoms with E-state index in [2.05, 4.69) is 5.92 Å². The van der Waals surface area contributed by atoms with Crippen molar-refractivity contribution in [3.05, 3.63) is 0 Å². The van der Waals surface area contributed by atoms with Crippen molar-refractivity contribution in [1.82, 2.24) is 0 Å². The first kappa shape index (κ1) is 14.3.